The lowest BCUT2D eigenvalue weighted by Crippen LogP contribution is -2.49. The number of halogens is 4. The maximum absolute atomic E-state index is 13.3. The number of anilines is 1. The van der Waals surface area contributed by atoms with E-state index in [9.17, 15) is 37.1 Å². The molecule has 0 radical (unpaired) electrons. The number of ketones is 1. The van der Waals surface area contributed by atoms with Crippen molar-refractivity contribution in [2.45, 2.75) is 43.9 Å². The van der Waals surface area contributed by atoms with E-state index in [-0.39, 0.29) is 40.2 Å². The van der Waals surface area contributed by atoms with E-state index in [2.05, 4.69) is 26.3 Å². The summed E-state index contributed by atoms with van der Waals surface area (Å²) in [7, 11) is 0. The molecule has 1 aliphatic heterocycles. The zero-order valence-electron chi connectivity index (χ0n) is 20.2. The Bertz CT molecular complexity index is 1330. The number of aromatic nitrogens is 1. The van der Waals surface area contributed by atoms with Gasteiger partial charge in [-0.15, -0.1) is 0 Å². The van der Waals surface area contributed by atoms with E-state index in [1.165, 1.54) is 18.2 Å². The van der Waals surface area contributed by atoms with E-state index in [4.69, 9.17) is 11.6 Å². The molecule has 4 rings (SSSR count). The summed E-state index contributed by atoms with van der Waals surface area (Å²) in [5, 5.41) is 10.1. The van der Waals surface area contributed by atoms with Gasteiger partial charge < -0.3 is 21.3 Å². The normalized spacial score (nSPS) is 17.6. The van der Waals surface area contributed by atoms with E-state index in [1.54, 1.807) is 0 Å². The smallest absolute Gasteiger partial charge is 0.356 e. The van der Waals surface area contributed by atoms with Gasteiger partial charge in [0.15, 0.2) is 0 Å². The summed E-state index contributed by atoms with van der Waals surface area (Å²) < 4.78 is 39.0. The lowest BCUT2D eigenvalue weighted by Gasteiger charge is -2.21. The Morgan fingerprint density at radius 3 is 2.46 bits per heavy atom. The minimum atomic E-state index is -4.77. The predicted molar refractivity (Wildman–Crippen MR) is 132 cm³/mol. The Labute approximate surface area is 225 Å². The highest BCUT2D eigenvalue weighted by atomic mass is 35.5. The van der Waals surface area contributed by atoms with E-state index in [0.29, 0.717) is 19.0 Å². The monoisotopic (exact) mass is 565 g/mol. The summed E-state index contributed by atoms with van der Waals surface area (Å²) in [5.41, 5.74) is -1.96. The first-order valence-electron chi connectivity index (χ1n) is 12.0. The molecule has 1 saturated heterocycles. The number of pyridine rings is 1. The van der Waals surface area contributed by atoms with Crippen molar-refractivity contribution in [1.82, 2.24) is 20.9 Å². The van der Waals surface area contributed by atoms with Gasteiger partial charge in [0.25, 0.3) is 17.7 Å². The number of carbonyl (C=O) groups is 5. The molecule has 2 aromatic rings. The largest absolute Gasteiger partial charge is 0.433 e. The molecular formula is C25H23ClF3N5O5. The van der Waals surface area contributed by atoms with Crippen LogP contribution in [0.5, 0.6) is 0 Å². The summed E-state index contributed by atoms with van der Waals surface area (Å²) in [6.45, 7) is 0.391. The maximum atomic E-state index is 13.3. The number of nitrogens with zero attached hydrogens (tertiary/aromatic N) is 1. The van der Waals surface area contributed by atoms with Crippen molar-refractivity contribution in [2.24, 2.45) is 5.92 Å². The fourth-order valence-corrected chi connectivity index (χ4v) is 4.17. The second kappa shape index (κ2) is 11.4. The van der Waals surface area contributed by atoms with Crippen molar-refractivity contribution in [1.29, 1.82) is 0 Å². The van der Waals surface area contributed by atoms with Crippen molar-refractivity contribution in [3.8, 4) is 0 Å². The summed E-state index contributed by atoms with van der Waals surface area (Å²) >= 11 is 6.05. The van der Waals surface area contributed by atoms with Crippen LogP contribution in [-0.2, 0) is 20.6 Å². The van der Waals surface area contributed by atoms with Crippen LogP contribution < -0.4 is 21.3 Å². The lowest BCUT2D eigenvalue weighted by molar-refractivity contribution is -0.141. The van der Waals surface area contributed by atoms with Crippen LogP contribution in [0.3, 0.4) is 0 Å². The van der Waals surface area contributed by atoms with Crippen molar-refractivity contribution in [3.63, 3.8) is 0 Å². The molecule has 1 saturated carbocycles. The molecule has 1 aromatic carbocycles. The van der Waals surface area contributed by atoms with Crippen LogP contribution in [0.2, 0.25) is 5.02 Å². The molecule has 1 aromatic heterocycles. The average molecular weight is 566 g/mol. The summed E-state index contributed by atoms with van der Waals surface area (Å²) in [4.78, 5) is 66.7. The van der Waals surface area contributed by atoms with Gasteiger partial charge in [0.2, 0.25) is 11.7 Å². The summed E-state index contributed by atoms with van der Waals surface area (Å²) in [5.74, 6) is -4.59. The van der Waals surface area contributed by atoms with Crippen LogP contribution >= 0.6 is 11.6 Å². The van der Waals surface area contributed by atoms with Crippen LogP contribution in [-0.4, -0.2) is 53.0 Å². The van der Waals surface area contributed by atoms with Gasteiger partial charge in [0.1, 0.15) is 5.69 Å². The fraction of sp³-hybridized carbons (Fsp3) is 0.360. The number of rotatable bonds is 9. The third kappa shape index (κ3) is 7.11. The van der Waals surface area contributed by atoms with Crippen LogP contribution in [0.4, 0.5) is 18.9 Å². The number of hydrogen-bond donors (Lipinski definition) is 4. The number of benzene rings is 1. The molecular weight excluding hydrogens is 543 g/mol. The maximum Gasteiger partial charge on any atom is 0.433 e. The molecule has 10 nitrogen and oxygen atoms in total. The standard InChI is InChI=1S/C25H23ClF3N5O5/c26-14-1-4-17(33-22(37)13-5-7-30-19(10-13)25(27,28)29)16(11-14)23(38)34-18(9-12-6-8-31-21(12)36)20(35)24(39)32-15-2-3-15/h1,4-5,7,10-12,15,18H,2-3,6,8-9H2,(H,31,36)(H,32,39)(H,33,37)(H,34,38)/t12-,18?/m0/s1. The zero-order valence-corrected chi connectivity index (χ0v) is 21.0. The van der Waals surface area contributed by atoms with Crippen LogP contribution in [0.25, 0.3) is 0 Å². The molecule has 39 heavy (non-hydrogen) atoms. The van der Waals surface area contributed by atoms with Crippen molar-refractivity contribution in [3.05, 3.63) is 58.4 Å². The molecule has 0 spiro atoms. The first-order valence-corrected chi connectivity index (χ1v) is 12.4. The first-order chi connectivity index (χ1) is 18.4. The molecule has 2 aliphatic rings. The van der Waals surface area contributed by atoms with E-state index in [1.807, 2.05) is 0 Å². The molecule has 2 fully saturated rings. The van der Waals surface area contributed by atoms with Crippen LogP contribution in [0.1, 0.15) is 52.1 Å². The van der Waals surface area contributed by atoms with Gasteiger partial charge in [-0.1, -0.05) is 11.6 Å². The number of carbonyl (C=O) groups excluding carboxylic acids is 5. The minimum absolute atomic E-state index is 0.0888. The quantitative estimate of drug-likeness (QED) is 0.344. The number of alkyl halides is 3. The van der Waals surface area contributed by atoms with E-state index < -0.39 is 47.3 Å². The Morgan fingerprint density at radius 2 is 1.82 bits per heavy atom. The summed E-state index contributed by atoms with van der Waals surface area (Å²) in [6.07, 6.45) is -2.20. The SMILES string of the molecule is O=C(NC1CC1)C(=O)C(C[C@@H]1CCNC1=O)NC(=O)c1cc(Cl)ccc1NC(=O)c1ccnc(C(F)(F)F)c1. The molecule has 4 N–H and O–H groups in total. The number of amides is 4. The highest BCUT2D eigenvalue weighted by Gasteiger charge is 2.36. The van der Waals surface area contributed by atoms with E-state index >= 15 is 0 Å². The van der Waals surface area contributed by atoms with Crippen molar-refractivity contribution < 1.29 is 37.1 Å². The molecule has 14 heteroatoms. The summed E-state index contributed by atoms with van der Waals surface area (Å²) in [6, 6.07) is 3.95. The fourth-order valence-electron chi connectivity index (χ4n) is 4.00. The second-order valence-corrected chi connectivity index (χ2v) is 9.66. The zero-order chi connectivity index (χ0) is 28.3. The number of nitrogens with one attached hydrogen (secondary N) is 4. The lowest BCUT2D eigenvalue weighted by atomic mass is 9.95. The van der Waals surface area contributed by atoms with Crippen LogP contribution in [0.15, 0.2) is 36.5 Å². The Morgan fingerprint density at radius 1 is 1.08 bits per heavy atom. The van der Waals surface area contributed by atoms with Crippen LogP contribution in [0, 0.1) is 5.92 Å². The number of hydrogen-bond acceptors (Lipinski definition) is 6. The molecule has 0 bridgehead atoms. The Kier molecular flexibility index (Phi) is 8.19. The Balaban J connectivity index is 1.56. The Hall–Kier alpha value is -4.00. The van der Waals surface area contributed by atoms with E-state index in [0.717, 1.165) is 25.1 Å². The molecule has 4 amide bonds. The van der Waals surface area contributed by atoms with Gasteiger partial charge in [-0.2, -0.15) is 13.2 Å². The van der Waals surface area contributed by atoms with Crippen molar-refractivity contribution in [2.75, 3.05) is 11.9 Å². The van der Waals surface area contributed by atoms with Gasteiger partial charge in [-0.3, -0.25) is 29.0 Å². The topological polar surface area (TPSA) is 146 Å². The average Bonchev–Trinajstić information content (AvgIpc) is 3.62. The highest BCUT2D eigenvalue weighted by Crippen LogP contribution is 2.28. The van der Waals surface area contributed by atoms with Gasteiger partial charge in [0.05, 0.1) is 17.3 Å². The van der Waals surface area contributed by atoms with Gasteiger partial charge in [-0.05, 0) is 56.0 Å². The third-order valence-electron chi connectivity index (χ3n) is 6.23. The molecule has 1 aliphatic carbocycles. The van der Waals surface area contributed by atoms with Gasteiger partial charge >= 0.3 is 6.18 Å². The third-order valence-corrected chi connectivity index (χ3v) is 6.46. The first kappa shape index (κ1) is 28.0. The molecule has 206 valence electrons. The minimum Gasteiger partial charge on any atom is -0.356 e. The predicted octanol–water partition coefficient (Wildman–Crippen LogP) is 2.48. The highest BCUT2D eigenvalue weighted by molar-refractivity contribution is 6.38. The second-order valence-electron chi connectivity index (χ2n) is 9.22. The molecule has 2 atom stereocenters. The van der Waals surface area contributed by atoms with Gasteiger partial charge in [-0.25, -0.2) is 0 Å². The van der Waals surface area contributed by atoms with Gasteiger partial charge in [0, 0.05) is 35.3 Å². The molecule has 2 heterocycles. The molecule has 1 unspecified atom stereocenters. The number of Topliss-reactive ketones (excluding diaryl/α,β-unsaturated/α-hetero) is 1. The van der Waals surface area contributed by atoms with Crippen molar-refractivity contribution >= 4 is 46.7 Å².